The highest BCUT2D eigenvalue weighted by atomic mass is 32.2. The Bertz CT molecular complexity index is 596. The van der Waals surface area contributed by atoms with Crippen LogP contribution in [0.15, 0.2) is 24.3 Å². The minimum absolute atomic E-state index is 0.177. The number of para-hydroxylation sites is 2. The number of thioether (sulfide) groups is 1. The van der Waals surface area contributed by atoms with E-state index < -0.39 is 6.04 Å². The molecular formula is C14H20N4OS. The van der Waals surface area contributed by atoms with E-state index in [-0.39, 0.29) is 5.91 Å². The second kappa shape index (κ2) is 6.76. The van der Waals surface area contributed by atoms with Crippen molar-refractivity contribution < 1.29 is 4.79 Å². The number of nitrogens with two attached hydrogens (primary N) is 1. The van der Waals surface area contributed by atoms with Gasteiger partial charge in [-0.2, -0.15) is 11.8 Å². The van der Waals surface area contributed by atoms with Gasteiger partial charge in [0.1, 0.15) is 0 Å². The fourth-order valence-electron chi connectivity index (χ4n) is 2.07. The molecule has 108 valence electrons. The molecule has 1 aromatic carbocycles. The molecule has 0 bridgehead atoms. The van der Waals surface area contributed by atoms with Gasteiger partial charge in [-0.25, -0.2) is 4.98 Å². The summed E-state index contributed by atoms with van der Waals surface area (Å²) in [5.74, 6) is 1.26. The van der Waals surface area contributed by atoms with E-state index >= 15 is 0 Å². The van der Waals surface area contributed by atoms with Crippen LogP contribution in [0, 0.1) is 0 Å². The number of rotatable bonds is 6. The van der Waals surface area contributed by atoms with E-state index in [9.17, 15) is 4.79 Å². The molecule has 0 aliphatic carbocycles. The Morgan fingerprint density at radius 2 is 2.25 bits per heavy atom. The fraction of sp³-hybridized carbons (Fsp3) is 0.429. The zero-order valence-corrected chi connectivity index (χ0v) is 12.6. The van der Waals surface area contributed by atoms with Crippen LogP contribution in [0.3, 0.4) is 0 Å². The fourth-order valence-corrected chi connectivity index (χ4v) is 2.56. The van der Waals surface area contributed by atoms with Crippen LogP contribution < -0.4 is 11.1 Å². The third-order valence-corrected chi connectivity index (χ3v) is 3.82. The van der Waals surface area contributed by atoms with Gasteiger partial charge < -0.3 is 10.3 Å². The van der Waals surface area contributed by atoms with Gasteiger partial charge in [-0.3, -0.25) is 10.1 Å². The Kier molecular flexibility index (Phi) is 5.03. The van der Waals surface area contributed by atoms with Crippen molar-refractivity contribution in [3.8, 4) is 0 Å². The smallest absolute Gasteiger partial charge is 0.243 e. The van der Waals surface area contributed by atoms with Gasteiger partial charge >= 0.3 is 0 Å². The standard InChI is InChI=1S/C14H20N4OS/c1-3-18-12-7-5-4-6-11(12)16-14(18)17-13(19)10(15)8-9-20-2/h4-7,10H,3,8-9,15H2,1-2H3,(H,16,17,19)/t10-/m0/s1. The molecule has 0 spiro atoms. The molecular weight excluding hydrogens is 272 g/mol. The number of nitrogens with one attached hydrogen (secondary N) is 1. The van der Waals surface area contributed by atoms with Crippen molar-refractivity contribution in [3.63, 3.8) is 0 Å². The summed E-state index contributed by atoms with van der Waals surface area (Å²) in [4.78, 5) is 16.5. The van der Waals surface area contributed by atoms with E-state index in [1.54, 1.807) is 11.8 Å². The zero-order valence-electron chi connectivity index (χ0n) is 11.8. The van der Waals surface area contributed by atoms with E-state index in [1.807, 2.05) is 42.0 Å². The summed E-state index contributed by atoms with van der Waals surface area (Å²) < 4.78 is 1.98. The number of aromatic nitrogens is 2. The molecule has 2 rings (SSSR count). The molecule has 0 unspecified atom stereocenters. The molecule has 0 radical (unpaired) electrons. The predicted octanol–water partition coefficient (Wildman–Crippen LogP) is 2.08. The lowest BCUT2D eigenvalue weighted by Crippen LogP contribution is -2.36. The van der Waals surface area contributed by atoms with Crippen LogP contribution in [0.2, 0.25) is 0 Å². The minimum atomic E-state index is -0.493. The van der Waals surface area contributed by atoms with Crippen molar-refractivity contribution in [2.24, 2.45) is 5.73 Å². The van der Waals surface area contributed by atoms with E-state index in [0.29, 0.717) is 12.4 Å². The molecule has 0 saturated heterocycles. The van der Waals surface area contributed by atoms with Crippen LogP contribution in [-0.4, -0.2) is 33.5 Å². The highest BCUT2D eigenvalue weighted by molar-refractivity contribution is 7.98. The molecule has 1 amide bonds. The van der Waals surface area contributed by atoms with Crippen molar-refractivity contribution in [2.45, 2.75) is 25.9 Å². The van der Waals surface area contributed by atoms with Crippen molar-refractivity contribution in [3.05, 3.63) is 24.3 Å². The summed E-state index contributed by atoms with van der Waals surface area (Å²) in [5, 5.41) is 2.84. The number of fused-ring (bicyclic) bond motifs is 1. The molecule has 0 fully saturated rings. The zero-order chi connectivity index (χ0) is 14.5. The third-order valence-electron chi connectivity index (χ3n) is 3.18. The second-order valence-electron chi connectivity index (χ2n) is 4.55. The first-order valence-corrected chi connectivity index (χ1v) is 8.07. The lowest BCUT2D eigenvalue weighted by molar-refractivity contribution is -0.117. The van der Waals surface area contributed by atoms with Crippen LogP contribution in [0.5, 0.6) is 0 Å². The summed E-state index contributed by atoms with van der Waals surface area (Å²) in [5.41, 5.74) is 7.77. The average Bonchev–Trinajstić information content (AvgIpc) is 2.81. The normalized spacial score (nSPS) is 12.6. The molecule has 3 N–H and O–H groups in total. The Morgan fingerprint density at radius 3 is 2.95 bits per heavy atom. The summed E-state index contributed by atoms with van der Waals surface area (Å²) in [6, 6.07) is 7.34. The van der Waals surface area contributed by atoms with Gasteiger partial charge in [-0.05, 0) is 37.5 Å². The number of hydrogen-bond donors (Lipinski definition) is 2. The van der Waals surface area contributed by atoms with E-state index in [2.05, 4.69) is 10.3 Å². The van der Waals surface area contributed by atoms with Gasteiger partial charge in [0.2, 0.25) is 11.9 Å². The molecule has 5 nitrogen and oxygen atoms in total. The molecule has 6 heteroatoms. The SMILES string of the molecule is CCn1c(NC(=O)[C@@H](N)CCSC)nc2ccccc21. The molecule has 0 aliphatic heterocycles. The average molecular weight is 292 g/mol. The Labute approximate surface area is 122 Å². The maximum absolute atomic E-state index is 12.1. The summed E-state index contributed by atoms with van der Waals surface area (Å²) >= 11 is 1.68. The monoisotopic (exact) mass is 292 g/mol. The topological polar surface area (TPSA) is 72.9 Å². The van der Waals surface area contributed by atoms with Crippen LogP contribution >= 0.6 is 11.8 Å². The summed E-state index contributed by atoms with van der Waals surface area (Å²) in [6.07, 6.45) is 2.67. The van der Waals surface area contributed by atoms with Gasteiger partial charge in [-0.1, -0.05) is 12.1 Å². The number of carbonyl (C=O) groups is 1. The van der Waals surface area contributed by atoms with Gasteiger partial charge in [0.05, 0.1) is 17.1 Å². The van der Waals surface area contributed by atoms with Crippen molar-refractivity contribution >= 4 is 34.7 Å². The van der Waals surface area contributed by atoms with Gasteiger partial charge in [0.25, 0.3) is 0 Å². The second-order valence-corrected chi connectivity index (χ2v) is 5.53. The minimum Gasteiger partial charge on any atom is -0.320 e. The van der Waals surface area contributed by atoms with Crippen molar-refractivity contribution in [1.82, 2.24) is 9.55 Å². The van der Waals surface area contributed by atoms with Crippen LogP contribution in [0.4, 0.5) is 5.95 Å². The molecule has 0 saturated carbocycles. The maximum atomic E-state index is 12.1. The molecule has 20 heavy (non-hydrogen) atoms. The molecule has 1 atom stereocenters. The number of imidazole rings is 1. The lowest BCUT2D eigenvalue weighted by atomic mass is 10.2. The molecule has 1 heterocycles. The van der Waals surface area contributed by atoms with Crippen LogP contribution in [0.25, 0.3) is 11.0 Å². The third kappa shape index (κ3) is 3.13. The first-order valence-electron chi connectivity index (χ1n) is 6.68. The van der Waals surface area contributed by atoms with E-state index in [0.717, 1.165) is 23.3 Å². The van der Waals surface area contributed by atoms with E-state index in [4.69, 9.17) is 5.73 Å². The number of carbonyl (C=O) groups excluding carboxylic acids is 1. The van der Waals surface area contributed by atoms with Crippen LogP contribution in [0.1, 0.15) is 13.3 Å². The van der Waals surface area contributed by atoms with Gasteiger partial charge in [0.15, 0.2) is 0 Å². The number of benzene rings is 1. The van der Waals surface area contributed by atoms with Gasteiger partial charge in [0, 0.05) is 6.54 Å². The largest absolute Gasteiger partial charge is 0.320 e. The molecule has 0 aliphatic rings. The number of hydrogen-bond acceptors (Lipinski definition) is 4. The number of anilines is 1. The quantitative estimate of drug-likeness (QED) is 0.855. The highest BCUT2D eigenvalue weighted by Gasteiger charge is 2.17. The Hall–Kier alpha value is -1.53. The van der Waals surface area contributed by atoms with Crippen LogP contribution in [-0.2, 0) is 11.3 Å². The van der Waals surface area contributed by atoms with Crippen molar-refractivity contribution in [2.75, 3.05) is 17.3 Å². The Balaban J connectivity index is 2.18. The number of aryl methyl sites for hydroxylation is 1. The van der Waals surface area contributed by atoms with Crippen molar-refractivity contribution in [1.29, 1.82) is 0 Å². The molecule has 1 aromatic heterocycles. The number of amides is 1. The first-order chi connectivity index (χ1) is 9.67. The molecule has 2 aromatic rings. The number of nitrogens with zero attached hydrogens (tertiary/aromatic N) is 2. The predicted molar refractivity (Wildman–Crippen MR) is 85.0 cm³/mol. The summed E-state index contributed by atoms with van der Waals surface area (Å²) in [7, 11) is 0. The summed E-state index contributed by atoms with van der Waals surface area (Å²) in [6.45, 7) is 2.77. The Morgan fingerprint density at radius 1 is 1.50 bits per heavy atom. The highest BCUT2D eigenvalue weighted by Crippen LogP contribution is 2.19. The maximum Gasteiger partial charge on any atom is 0.243 e. The van der Waals surface area contributed by atoms with E-state index in [1.165, 1.54) is 0 Å². The van der Waals surface area contributed by atoms with Gasteiger partial charge in [-0.15, -0.1) is 0 Å². The first kappa shape index (κ1) is 14.9. The lowest BCUT2D eigenvalue weighted by Gasteiger charge is -2.12.